The van der Waals surface area contributed by atoms with Crippen molar-refractivity contribution < 1.29 is 52.3 Å². The van der Waals surface area contributed by atoms with Crippen LogP contribution in [0.15, 0.2) is 89.8 Å². The molecule has 2 amide bonds. The van der Waals surface area contributed by atoms with E-state index in [9.17, 15) is 18.0 Å². The van der Waals surface area contributed by atoms with Crippen molar-refractivity contribution in [1.29, 1.82) is 0 Å². The van der Waals surface area contributed by atoms with E-state index in [1.165, 1.54) is 12.1 Å². The molecular weight excluding hydrogens is 451 g/mol. The number of benzene rings is 3. The maximum absolute atomic E-state index is 12.8. The van der Waals surface area contributed by atoms with Crippen LogP contribution in [0, 0.1) is 6.92 Å². The number of carbonyl (C=O) groups excluding carboxylic acids is 2. The number of ether oxygens (including phenoxy) is 1. The minimum absolute atomic E-state index is 0. The second-order valence-electron chi connectivity index (χ2n) is 7.17. The summed E-state index contributed by atoms with van der Waals surface area (Å²) < 4.78 is 33.8. The van der Waals surface area contributed by atoms with Crippen LogP contribution in [-0.2, 0) is 32.6 Å². The molecule has 3 rings (SSSR count). The van der Waals surface area contributed by atoms with Gasteiger partial charge in [0.05, 0.1) is 16.8 Å². The third kappa shape index (κ3) is 8.33. The monoisotopic (exact) mass is 474 g/mol. The van der Waals surface area contributed by atoms with Crippen LogP contribution in [0.5, 0.6) is 0 Å². The zero-order valence-electron chi connectivity index (χ0n) is 18.5. The van der Waals surface area contributed by atoms with Crippen LogP contribution in [0.1, 0.15) is 16.7 Å². The normalized spacial score (nSPS) is 11.5. The second-order valence-corrected chi connectivity index (χ2v) is 8.77. The topological polar surface area (TPSA) is 104 Å². The molecule has 3 aromatic rings. The molecule has 0 saturated carbocycles. The van der Waals surface area contributed by atoms with Crippen molar-refractivity contribution in [3.8, 4) is 0 Å². The van der Waals surface area contributed by atoms with Crippen molar-refractivity contribution in [2.24, 2.45) is 0 Å². The first-order valence-electron chi connectivity index (χ1n) is 9.93. The van der Waals surface area contributed by atoms with E-state index >= 15 is 0 Å². The predicted octanol–water partition coefficient (Wildman–Crippen LogP) is 1.13. The summed E-state index contributed by atoms with van der Waals surface area (Å²) in [7, 11) is -4.22. The SMILES string of the molecule is Cc1ccc(S(=O)(=O)[N-]C(=O)C(Cc2ccccc2)NC(=O)OCc2ccccc2)cc1.[Na+]. The number of nitrogens with one attached hydrogen (secondary N) is 1. The third-order valence-electron chi connectivity index (χ3n) is 4.61. The van der Waals surface area contributed by atoms with Gasteiger partial charge in [-0.3, -0.25) is 0 Å². The molecule has 0 aromatic heterocycles. The average molecular weight is 475 g/mol. The first-order chi connectivity index (χ1) is 15.3. The summed E-state index contributed by atoms with van der Waals surface area (Å²) in [5.41, 5.74) is 2.39. The van der Waals surface area contributed by atoms with Crippen LogP contribution in [0.2, 0.25) is 0 Å². The molecule has 33 heavy (non-hydrogen) atoms. The summed E-state index contributed by atoms with van der Waals surface area (Å²) in [6.45, 7) is 1.83. The summed E-state index contributed by atoms with van der Waals surface area (Å²) in [6.07, 6.45) is -0.779. The minimum atomic E-state index is -4.22. The predicted molar refractivity (Wildman–Crippen MR) is 120 cm³/mol. The Bertz CT molecular complexity index is 1150. The Morgan fingerprint density at radius 3 is 2.00 bits per heavy atom. The number of sulfonamides is 1. The maximum Gasteiger partial charge on any atom is 1.00 e. The van der Waals surface area contributed by atoms with Crippen molar-refractivity contribution in [3.05, 3.63) is 106 Å². The number of hydrogen-bond donors (Lipinski definition) is 1. The van der Waals surface area contributed by atoms with Gasteiger partial charge in [-0.1, -0.05) is 78.4 Å². The molecule has 7 nitrogen and oxygen atoms in total. The summed E-state index contributed by atoms with van der Waals surface area (Å²) in [4.78, 5) is 25.0. The van der Waals surface area contributed by atoms with Crippen molar-refractivity contribution in [1.82, 2.24) is 5.32 Å². The number of rotatable bonds is 8. The van der Waals surface area contributed by atoms with Gasteiger partial charge in [0.1, 0.15) is 16.6 Å². The number of alkyl carbamates (subject to hydrolysis) is 1. The van der Waals surface area contributed by atoms with Gasteiger partial charge in [-0.05, 0) is 36.6 Å². The van der Waals surface area contributed by atoms with Gasteiger partial charge in [-0.15, -0.1) is 0 Å². The van der Waals surface area contributed by atoms with E-state index in [4.69, 9.17) is 4.74 Å². The third-order valence-corrected chi connectivity index (χ3v) is 5.90. The average Bonchev–Trinajstić information content (AvgIpc) is 2.78. The molecule has 1 unspecified atom stereocenters. The molecule has 0 heterocycles. The zero-order chi connectivity index (χ0) is 23.0. The van der Waals surface area contributed by atoms with Crippen LogP contribution in [-0.4, -0.2) is 26.5 Å². The Labute approximate surface area is 215 Å². The van der Waals surface area contributed by atoms with E-state index < -0.39 is 28.1 Å². The number of hydrogen-bond acceptors (Lipinski definition) is 5. The summed E-state index contributed by atoms with van der Waals surface area (Å²) >= 11 is 0. The fourth-order valence-corrected chi connectivity index (χ4v) is 3.85. The zero-order valence-corrected chi connectivity index (χ0v) is 21.3. The molecule has 0 saturated heterocycles. The molecule has 1 N–H and O–H groups in total. The van der Waals surface area contributed by atoms with Gasteiger partial charge in [0.25, 0.3) is 0 Å². The second kappa shape index (κ2) is 12.6. The molecule has 166 valence electrons. The van der Waals surface area contributed by atoms with Gasteiger partial charge in [0.2, 0.25) is 0 Å². The number of aryl methyl sites for hydroxylation is 1. The Hall–Kier alpha value is -2.65. The maximum atomic E-state index is 12.8. The van der Waals surface area contributed by atoms with E-state index in [0.29, 0.717) is 0 Å². The minimum Gasteiger partial charge on any atom is -0.540 e. The number of nitrogens with zero attached hydrogens (tertiary/aromatic N) is 1. The Kier molecular flexibility index (Phi) is 10.1. The summed E-state index contributed by atoms with van der Waals surface area (Å²) in [5.74, 6) is -0.980. The molecule has 3 aromatic carbocycles. The van der Waals surface area contributed by atoms with E-state index in [-0.39, 0.29) is 47.5 Å². The van der Waals surface area contributed by atoms with Crippen molar-refractivity contribution in [2.75, 3.05) is 0 Å². The van der Waals surface area contributed by atoms with Crippen molar-refractivity contribution in [2.45, 2.75) is 30.9 Å². The molecule has 0 aliphatic rings. The Morgan fingerprint density at radius 2 is 1.42 bits per heavy atom. The molecule has 0 radical (unpaired) electrons. The number of carbonyl (C=O) groups is 2. The molecule has 0 aliphatic carbocycles. The van der Waals surface area contributed by atoms with Crippen LogP contribution in [0.3, 0.4) is 0 Å². The van der Waals surface area contributed by atoms with E-state index in [2.05, 4.69) is 10.0 Å². The van der Waals surface area contributed by atoms with Crippen molar-refractivity contribution >= 4 is 22.0 Å². The first kappa shape index (κ1) is 26.6. The van der Waals surface area contributed by atoms with Gasteiger partial charge >= 0.3 is 35.7 Å². The molecule has 0 bridgehead atoms. The van der Waals surface area contributed by atoms with E-state index in [1.807, 2.05) is 31.2 Å². The van der Waals surface area contributed by atoms with Crippen LogP contribution in [0.25, 0.3) is 4.72 Å². The largest absolute Gasteiger partial charge is 1.00 e. The standard InChI is InChI=1S/C24H24N2O5S.Na/c1-18-12-14-21(15-13-18)32(29,30)26-23(27)22(16-19-8-4-2-5-9-19)25-24(28)31-17-20-10-6-3-7-11-20;/h2-15,22H,16-17H2,1H3,(H2,25,26,27,28);/q;+1/p-1. The smallest absolute Gasteiger partial charge is 0.540 e. The van der Waals surface area contributed by atoms with Gasteiger partial charge in [-0.25, -0.2) is 13.2 Å². The molecule has 9 heteroatoms. The Balaban J connectivity index is 0.00000385. The van der Waals surface area contributed by atoms with Crippen LogP contribution in [0.4, 0.5) is 4.79 Å². The summed E-state index contributed by atoms with van der Waals surface area (Å²) in [5, 5.41) is 2.45. The fourth-order valence-electron chi connectivity index (χ4n) is 2.90. The van der Waals surface area contributed by atoms with Gasteiger partial charge in [0.15, 0.2) is 0 Å². The van der Waals surface area contributed by atoms with Crippen LogP contribution < -0.4 is 34.9 Å². The molecular formula is C24H23N2NaO5S. The Morgan fingerprint density at radius 1 is 0.879 bits per heavy atom. The van der Waals surface area contributed by atoms with Crippen molar-refractivity contribution in [3.63, 3.8) is 0 Å². The van der Waals surface area contributed by atoms with Gasteiger partial charge in [0, 0.05) is 0 Å². The molecule has 1 atom stereocenters. The van der Waals surface area contributed by atoms with Crippen LogP contribution >= 0.6 is 0 Å². The molecule has 0 aliphatic heterocycles. The fraction of sp³-hybridized carbons (Fsp3) is 0.167. The van der Waals surface area contributed by atoms with E-state index in [1.54, 1.807) is 48.5 Å². The van der Waals surface area contributed by atoms with Gasteiger partial charge < -0.3 is 19.6 Å². The number of amides is 2. The molecule has 0 spiro atoms. The first-order valence-corrected chi connectivity index (χ1v) is 11.4. The van der Waals surface area contributed by atoms with Gasteiger partial charge in [-0.2, -0.15) is 0 Å². The summed E-state index contributed by atoms with van der Waals surface area (Å²) in [6, 6.07) is 22.8. The molecule has 0 fully saturated rings. The van der Waals surface area contributed by atoms with E-state index in [0.717, 1.165) is 16.7 Å². The quantitative estimate of drug-likeness (QED) is 0.493.